The van der Waals surface area contributed by atoms with E-state index in [9.17, 15) is 4.39 Å². The molecule has 106 valence electrons. The van der Waals surface area contributed by atoms with Crippen LogP contribution in [0.1, 0.15) is 24.1 Å². The monoisotopic (exact) mass is 292 g/mol. The number of benzene rings is 2. The Morgan fingerprint density at radius 1 is 1.20 bits per heavy atom. The molecule has 2 N–H and O–H groups in total. The Bertz CT molecular complexity index is 601. The fourth-order valence-electron chi connectivity index (χ4n) is 2.31. The fraction of sp³-hybridized carbons (Fsp3) is 0.250. The van der Waals surface area contributed by atoms with E-state index >= 15 is 0 Å². The molecule has 4 heteroatoms. The summed E-state index contributed by atoms with van der Waals surface area (Å²) >= 11 is 6.23. The fourth-order valence-corrected chi connectivity index (χ4v) is 2.60. The van der Waals surface area contributed by atoms with Gasteiger partial charge in [-0.15, -0.1) is 0 Å². The Morgan fingerprint density at radius 3 is 2.55 bits per heavy atom. The zero-order chi connectivity index (χ0) is 14.7. The summed E-state index contributed by atoms with van der Waals surface area (Å²) < 4.78 is 13.8. The molecule has 0 aliphatic heterocycles. The van der Waals surface area contributed by atoms with Crippen molar-refractivity contribution in [1.29, 1.82) is 0 Å². The van der Waals surface area contributed by atoms with Crippen LogP contribution in [0.3, 0.4) is 0 Å². The average Bonchev–Trinajstić information content (AvgIpc) is 2.46. The second kappa shape index (κ2) is 6.25. The van der Waals surface area contributed by atoms with Crippen molar-refractivity contribution in [3.63, 3.8) is 0 Å². The van der Waals surface area contributed by atoms with Crippen LogP contribution in [-0.2, 0) is 6.54 Å². The molecule has 0 amide bonds. The summed E-state index contributed by atoms with van der Waals surface area (Å²) in [5.41, 5.74) is 7.98. The van der Waals surface area contributed by atoms with Gasteiger partial charge in [0, 0.05) is 29.9 Å². The van der Waals surface area contributed by atoms with Gasteiger partial charge in [0.25, 0.3) is 0 Å². The second-order valence-corrected chi connectivity index (χ2v) is 5.16. The van der Waals surface area contributed by atoms with Crippen molar-refractivity contribution in [3.05, 3.63) is 64.4 Å². The standard InChI is InChI=1S/C16H18ClFN2/c1-11(12-6-3-4-7-14(12)17)20(2)16-9-5-8-15(18)13(16)10-19/h3-9,11H,10,19H2,1-2H3. The van der Waals surface area contributed by atoms with Crippen molar-refractivity contribution < 1.29 is 4.39 Å². The molecule has 2 nitrogen and oxygen atoms in total. The van der Waals surface area contributed by atoms with E-state index in [4.69, 9.17) is 17.3 Å². The van der Waals surface area contributed by atoms with Gasteiger partial charge in [0.1, 0.15) is 5.82 Å². The number of hydrogen-bond donors (Lipinski definition) is 1. The van der Waals surface area contributed by atoms with Crippen LogP contribution in [-0.4, -0.2) is 7.05 Å². The lowest BCUT2D eigenvalue weighted by Gasteiger charge is -2.30. The van der Waals surface area contributed by atoms with Crippen molar-refractivity contribution in [2.24, 2.45) is 5.73 Å². The van der Waals surface area contributed by atoms with E-state index in [0.29, 0.717) is 10.6 Å². The molecule has 0 saturated heterocycles. The van der Waals surface area contributed by atoms with Gasteiger partial charge in [-0.25, -0.2) is 4.39 Å². The SMILES string of the molecule is CC(c1ccccc1Cl)N(C)c1cccc(F)c1CN. The molecule has 20 heavy (non-hydrogen) atoms. The molecule has 2 aromatic rings. The van der Waals surface area contributed by atoms with Crippen molar-refractivity contribution in [3.8, 4) is 0 Å². The van der Waals surface area contributed by atoms with Crippen LogP contribution >= 0.6 is 11.6 Å². The lowest BCUT2D eigenvalue weighted by Crippen LogP contribution is -2.24. The van der Waals surface area contributed by atoms with Crippen molar-refractivity contribution in [2.45, 2.75) is 19.5 Å². The molecule has 0 heterocycles. The summed E-state index contributed by atoms with van der Waals surface area (Å²) in [5, 5.41) is 0.706. The third-order valence-corrected chi connectivity index (χ3v) is 3.96. The van der Waals surface area contributed by atoms with Gasteiger partial charge in [0.15, 0.2) is 0 Å². The van der Waals surface area contributed by atoms with Crippen LogP contribution < -0.4 is 10.6 Å². The minimum atomic E-state index is -0.275. The summed E-state index contributed by atoms with van der Waals surface area (Å²) in [7, 11) is 1.92. The molecule has 0 spiro atoms. The Labute approximate surface area is 124 Å². The van der Waals surface area contributed by atoms with E-state index < -0.39 is 0 Å². The first-order valence-corrected chi connectivity index (χ1v) is 6.88. The summed E-state index contributed by atoms with van der Waals surface area (Å²) in [6.45, 7) is 2.20. The normalized spacial score (nSPS) is 12.2. The van der Waals surface area contributed by atoms with E-state index in [2.05, 4.69) is 0 Å². The lowest BCUT2D eigenvalue weighted by molar-refractivity contribution is 0.607. The second-order valence-electron chi connectivity index (χ2n) is 4.75. The number of hydrogen-bond acceptors (Lipinski definition) is 2. The Kier molecular flexibility index (Phi) is 4.63. The topological polar surface area (TPSA) is 29.3 Å². The Hall–Kier alpha value is -1.58. The first kappa shape index (κ1) is 14.8. The highest BCUT2D eigenvalue weighted by Crippen LogP contribution is 2.32. The quantitative estimate of drug-likeness (QED) is 0.918. The summed E-state index contributed by atoms with van der Waals surface area (Å²) in [6, 6.07) is 12.7. The van der Waals surface area contributed by atoms with Crippen molar-refractivity contribution >= 4 is 17.3 Å². The first-order valence-electron chi connectivity index (χ1n) is 6.51. The summed E-state index contributed by atoms with van der Waals surface area (Å²) in [5.74, 6) is -0.275. The number of anilines is 1. The minimum Gasteiger partial charge on any atom is -0.367 e. The number of halogens is 2. The lowest BCUT2D eigenvalue weighted by atomic mass is 10.0. The van der Waals surface area contributed by atoms with Gasteiger partial charge in [0.05, 0.1) is 6.04 Å². The van der Waals surface area contributed by atoms with Gasteiger partial charge in [0.2, 0.25) is 0 Å². The molecule has 0 aromatic heterocycles. The van der Waals surface area contributed by atoms with E-state index in [-0.39, 0.29) is 18.4 Å². The van der Waals surface area contributed by atoms with Crippen molar-refractivity contribution in [1.82, 2.24) is 0 Å². The molecule has 2 aromatic carbocycles. The zero-order valence-electron chi connectivity index (χ0n) is 11.6. The molecule has 0 bridgehead atoms. The number of rotatable bonds is 4. The maximum Gasteiger partial charge on any atom is 0.129 e. The molecular formula is C16H18ClFN2. The van der Waals surface area contributed by atoms with Gasteiger partial charge in [-0.2, -0.15) is 0 Å². The number of nitrogens with zero attached hydrogens (tertiary/aromatic N) is 1. The molecular weight excluding hydrogens is 275 g/mol. The van der Waals surface area contributed by atoms with Gasteiger partial charge >= 0.3 is 0 Å². The van der Waals surface area contributed by atoms with Crippen LogP contribution in [0.2, 0.25) is 5.02 Å². The third-order valence-electron chi connectivity index (χ3n) is 3.61. The minimum absolute atomic E-state index is 0.0239. The first-order chi connectivity index (χ1) is 9.56. The van der Waals surface area contributed by atoms with E-state index in [0.717, 1.165) is 11.3 Å². The van der Waals surface area contributed by atoms with E-state index in [1.54, 1.807) is 6.07 Å². The molecule has 2 rings (SSSR count). The van der Waals surface area contributed by atoms with Gasteiger partial charge in [-0.1, -0.05) is 35.9 Å². The summed E-state index contributed by atoms with van der Waals surface area (Å²) in [6.07, 6.45) is 0. The van der Waals surface area contributed by atoms with Gasteiger partial charge < -0.3 is 10.6 Å². The smallest absolute Gasteiger partial charge is 0.129 e. The van der Waals surface area contributed by atoms with Crippen LogP contribution in [0.15, 0.2) is 42.5 Å². The average molecular weight is 293 g/mol. The molecule has 0 aliphatic rings. The predicted octanol–water partition coefficient (Wildman–Crippen LogP) is 4.14. The summed E-state index contributed by atoms with van der Waals surface area (Å²) in [4.78, 5) is 1.99. The molecule has 0 saturated carbocycles. The third kappa shape index (κ3) is 2.79. The maximum absolute atomic E-state index is 13.8. The molecule has 0 fully saturated rings. The largest absolute Gasteiger partial charge is 0.367 e. The number of nitrogens with two attached hydrogens (primary N) is 1. The van der Waals surface area contributed by atoms with Crippen LogP contribution in [0, 0.1) is 5.82 Å². The molecule has 0 aliphatic carbocycles. The van der Waals surface area contributed by atoms with Gasteiger partial charge in [-0.05, 0) is 30.7 Å². The Morgan fingerprint density at radius 2 is 1.90 bits per heavy atom. The highest BCUT2D eigenvalue weighted by Gasteiger charge is 2.18. The zero-order valence-corrected chi connectivity index (χ0v) is 12.4. The highest BCUT2D eigenvalue weighted by atomic mass is 35.5. The highest BCUT2D eigenvalue weighted by molar-refractivity contribution is 6.31. The predicted molar refractivity (Wildman–Crippen MR) is 82.6 cm³/mol. The van der Waals surface area contributed by atoms with Crippen LogP contribution in [0.5, 0.6) is 0 Å². The van der Waals surface area contributed by atoms with Gasteiger partial charge in [-0.3, -0.25) is 0 Å². The molecule has 0 radical (unpaired) electrons. The Balaban J connectivity index is 2.39. The van der Waals surface area contributed by atoms with E-state index in [1.165, 1.54) is 6.07 Å². The maximum atomic E-state index is 13.8. The van der Waals surface area contributed by atoms with E-state index in [1.807, 2.05) is 49.2 Å². The molecule has 1 atom stereocenters. The van der Waals surface area contributed by atoms with Crippen LogP contribution in [0.25, 0.3) is 0 Å². The molecule has 1 unspecified atom stereocenters. The van der Waals surface area contributed by atoms with Crippen LogP contribution in [0.4, 0.5) is 10.1 Å². The van der Waals surface area contributed by atoms with Crippen molar-refractivity contribution in [2.75, 3.05) is 11.9 Å².